The molecule has 0 aromatic carbocycles. The normalized spacial score (nSPS) is 10.2. The van der Waals surface area contributed by atoms with Gasteiger partial charge in [0.2, 0.25) is 0 Å². The van der Waals surface area contributed by atoms with Crippen LogP contribution in [-0.2, 0) is 6.54 Å². The highest BCUT2D eigenvalue weighted by atomic mass is 79.9. The van der Waals surface area contributed by atoms with Crippen LogP contribution in [0.2, 0.25) is 0 Å². The SMILES string of the molecule is O=c1[nH]cnc(NCc2ccoc2)c1Br. The molecule has 0 bridgehead atoms. The summed E-state index contributed by atoms with van der Waals surface area (Å²) in [6.45, 7) is 0.561. The number of nitrogens with zero attached hydrogens (tertiary/aromatic N) is 1. The van der Waals surface area contributed by atoms with Crippen LogP contribution in [0, 0.1) is 0 Å². The molecule has 0 aliphatic heterocycles. The van der Waals surface area contributed by atoms with E-state index in [1.54, 1.807) is 12.5 Å². The molecule has 0 saturated carbocycles. The summed E-state index contributed by atoms with van der Waals surface area (Å²) in [5, 5.41) is 3.02. The van der Waals surface area contributed by atoms with E-state index in [2.05, 4.69) is 31.2 Å². The van der Waals surface area contributed by atoms with Gasteiger partial charge in [-0.25, -0.2) is 4.98 Å². The molecule has 2 N–H and O–H groups in total. The van der Waals surface area contributed by atoms with Crippen LogP contribution in [0.4, 0.5) is 5.82 Å². The molecule has 0 radical (unpaired) electrons. The first kappa shape index (κ1) is 9.97. The monoisotopic (exact) mass is 269 g/mol. The zero-order chi connectivity index (χ0) is 10.7. The summed E-state index contributed by atoms with van der Waals surface area (Å²) in [7, 11) is 0. The van der Waals surface area contributed by atoms with E-state index in [1.165, 1.54) is 6.33 Å². The summed E-state index contributed by atoms with van der Waals surface area (Å²) in [6.07, 6.45) is 4.58. The molecular weight excluding hydrogens is 262 g/mol. The molecule has 6 heteroatoms. The van der Waals surface area contributed by atoms with Crippen molar-refractivity contribution in [2.24, 2.45) is 0 Å². The number of aromatic amines is 1. The van der Waals surface area contributed by atoms with Gasteiger partial charge in [-0.3, -0.25) is 4.79 Å². The van der Waals surface area contributed by atoms with Gasteiger partial charge in [0.25, 0.3) is 5.56 Å². The summed E-state index contributed by atoms with van der Waals surface area (Å²) in [5.41, 5.74) is 0.781. The number of nitrogens with one attached hydrogen (secondary N) is 2. The van der Waals surface area contributed by atoms with Crippen LogP contribution < -0.4 is 10.9 Å². The van der Waals surface area contributed by atoms with Gasteiger partial charge in [0, 0.05) is 12.1 Å². The first-order valence-electron chi connectivity index (χ1n) is 4.25. The van der Waals surface area contributed by atoms with Gasteiger partial charge in [-0.05, 0) is 22.0 Å². The van der Waals surface area contributed by atoms with Gasteiger partial charge in [-0.15, -0.1) is 0 Å². The van der Waals surface area contributed by atoms with Gasteiger partial charge < -0.3 is 14.7 Å². The molecule has 2 aromatic heterocycles. The Morgan fingerprint density at radius 2 is 2.47 bits per heavy atom. The summed E-state index contributed by atoms with van der Waals surface area (Å²) < 4.78 is 5.31. The van der Waals surface area contributed by atoms with Gasteiger partial charge in [-0.1, -0.05) is 0 Å². The lowest BCUT2D eigenvalue weighted by atomic mass is 10.3. The Labute approximate surface area is 93.7 Å². The molecule has 0 aliphatic carbocycles. The molecule has 78 valence electrons. The summed E-state index contributed by atoms with van der Waals surface area (Å²) >= 11 is 3.15. The van der Waals surface area contributed by atoms with E-state index in [0.29, 0.717) is 16.8 Å². The number of anilines is 1. The minimum absolute atomic E-state index is 0.209. The third kappa shape index (κ3) is 2.27. The molecular formula is C9H8BrN3O2. The third-order valence-electron chi connectivity index (χ3n) is 1.84. The second-order valence-electron chi connectivity index (χ2n) is 2.88. The van der Waals surface area contributed by atoms with E-state index < -0.39 is 0 Å². The van der Waals surface area contributed by atoms with E-state index in [1.807, 2.05) is 6.07 Å². The molecule has 0 unspecified atom stereocenters. The average Bonchev–Trinajstić information content (AvgIpc) is 2.73. The number of hydrogen-bond acceptors (Lipinski definition) is 4. The van der Waals surface area contributed by atoms with Gasteiger partial charge in [0.1, 0.15) is 10.3 Å². The Hall–Kier alpha value is -1.56. The number of rotatable bonds is 3. The highest BCUT2D eigenvalue weighted by molar-refractivity contribution is 9.10. The molecule has 0 amide bonds. The predicted molar refractivity (Wildman–Crippen MR) is 58.6 cm³/mol. The van der Waals surface area contributed by atoms with Crippen LogP contribution in [0.5, 0.6) is 0 Å². The third-order valence-corrected chi connectivity index (χ3v) is 2.57. The van der Waals surface area contributed by atoms with Crippen LogP contribution in [0.25, 0.3) is 0 Å². The zero-order valence-corrected chi connectivity index (χ0v) is 9.24. The van der Waals surface area contributed by atoms with Crippen LogP contribution in [0.15, 0.2) is 38.6 Å². The smallest absolute Gasteiger partial charge is 0.267 e. The quantitative estimate of drug-likeness (QED) is 0.891. The predicted octanol–water partition coefficient (Wildman–Crippen LogP) is 1.74. The summed E-state index contributed by atoms with van der Waals surface area (Å²) in [4.78, 5) is 17.7. The average molecular weight is 270 g/mol. The van der Waals surface area contributed by atoms with Crippen molar-refractivity contribution in [3.05, 3.63) is 45.3 Å². The Morgan fingerprint density at radius 1 is 1.60 bits per heavy atom. The molecule has 2 rings (SSSR count). The highest BCUT2D eigenvalue weighted by Crippen LogP contribution is 2.14. The van der Waals surface area contributed by atoms with Gasteiger partial charge in [0.05, 0.1) is 18.9 Å². The maximum atomic E-state index is 11.2. The fraction of sp³-hybridized carbons (Fsp3) is 0.111. The molecule has 15 heavy (non-hydrogen) atoms. The molecule has 5 nitrogen and oxygen atoms in total. The number of aromatic nitrogens is 2. The molecule has 0 fully saturated rings. The van der Waals surface area contributed by atoms with Crippen molar-refractivity contribution in [3.63, 3.8) is 0 Å². The number of hydrogen-bond donors (Lipinski definition) is 2. The maximum Gasteiger partial charge on any atom is 0.267 e. The second kappa shape index (κ2) is 4.31. The first-order chi connectivity index (χ1) is 7.27. The van der Waals surface area contributed by atoms with E-state index in [-0.39, 0.29) is 5.56 Å². The van der Waals surface area contributed by atoms with Crippen molar-refractivity contribution < 1.29 is 4.42 Å². The van der Waals surface area contributed by atoms with Gasteiger partial charge in [0.15, 0.2) is 0 Å². The lowest BCUT2D eigenvalue weighted by Crippen LogP contribution is -2.11. The second-order valence-corrected chi connectivity index (χ2v) is 3.67. The van der Waals surface area contributed by atoms with Crippen molar-refractivity contribution in [1.29, 1.82) is 0 Å². The molecule has 0 spiro atoms. The minimum atomic E-state index is -0.209. The Kier molecular flexibility index (Phi) is 2.86. The van der Waals surface area contributed by atoms with Gasteiger partial charge >= 0.3 is 0 Å². The van der Waals surface area contributed by atoms with E-state index in [9.17, 15) is 4.79 Å². The lowest BCUT2D eigenvalue weighted by molar-refractivity contribution is 0.564. The fourth-order valence-corrected chi connectivity index (χ4v) is 1.44. The van der Waals surface area contributed by atoms with Crippen molar-refractivity contribution in [2.45, 2.75) is 6.54 Å². The van der Waals surface area contributed by atoms with E-state index >= 15 is 0 Å². The Bertz CT molecular complexity index is 492. The summed E-state index contributed by atoms with van der Waals surface area (Å²) in [5.74, 6) is 0.514. The molecule has 2 aromatic rings. The molecule has 2 heterocycles. The topological polar surface area (TPSA) is 70.9 Å². The summed E-state index contributed by atoms with van der Waals surface area (Å²) in [6, 6.07) is 1.84. The van der Waals surface area contributed by atoms with E-state index in [4.69, 9.17) is 4.42 Å². The lowest BCUT2D eigenvalue weighted by Gasteiger charge is -2.04. The van der Waals surface area contributed by atoms with Crippen LogP contribution in [0.3, 0.4) is 0 Å². The largest absolute Gasteiger partial charge is 0.472 e. The van der Waals surface area contributed by atoms with Crippen molar-refractivity contribution >= 4 is 21.7 Å². The van der Waals surface area contributed by atoms with Crippen LogP contribution in [0.1, 0.15) is 5.56 Å². The van der Waals surface area contributed by atoms with Crippen molar-refractivity contribution in [2.75, 3.05) is 5.32 Å². The van der Waals surface area contributed by atoms with Gasteiger partial charge in [-0.2, -0.15) is 0 Å². The Morgan fingerprint density at radius 3 is 3.20 bits per heavy atom. The number of halogens is 1. The number of furan rings is 1. The van der Waals surface area contributed by atoms with Crippen LogP contribution in [-0.4, -0.2) is 9.97 Å². The van der Waals surface area contributed by atoms with Crippen molar-refractivity contribution in [1.82, 2.24) is 9.97 Å². The van der Waals surface area contributed by atoms with Crippen molar-refractivity contribution in [3.8, 4) is 0 Å². The minimum Gasteiger partial charge on any atom is -0.472 e. The molecule has 0 saturated heterocycles. The Balaban J connectivity index is 2.12. The fourth-order valence-electron chi connectivity index (χ4n) is 1.09. The number of H-pyrrole nitrogens is 1. The zero-order valence-electron chi connectivity index (χ0n) is 7.66. The molecule has 0 aliphatic rings. The van der Waals surface area contributed by atoms with E-state index in [0.717, 1.165) is 5.56 Å². The van der Waals surface area contributed by atoms with Crippen LogP contribution >= 0.6 is 15.9 Å². The highest BCUT2D eigenvalue weighted by Gasteiger charge is 2.04. The standard InChI is InChI=1S/C9H8BrN3O2/c10-7-8(12-5-13-9(7)14)11-3-6-1-2-15-4-6/h1-2,4-5H,3H2,(H2,11,12,13,14). The molecule has 0 atom stereocenters. The first-order valence-corrected chi connectivity index (χ1v) is 5.05. The maximum absolute atomic E-state index is 11.2.